The first-order valence-electron chi connectivity index (χ1n) is 27.7. The molecule has 81 heavy (non-hydrogen) atoms. The van der Waals surface area contributed by atoms with Gasteiger partial charge in [0.1, 0.15) is 42.0 Å². The predicted molar refractivity (Wildman–Crippen MR) is 336 cm³/mol. The minimum absolute atomic E-state index is 0.0242. The molecule has 8 aromatic carbocycles. The standard InChI is InChI=1S/C66H67NO10S4/c1-42(21-23-68)77-59-35-51(41-76-53-18-20-55-57(37-53)64(66-80-28-29-81-66)54-19-17-52(75-25-11-7-8-12-60(70)72-4)36-56(54)63(55)65-78-26-27-79-65)58(71-3)34-50(59)40-74-39-45-32-48-15-13-46-30-44(31-47-14-16-49(33-45)62(48)61(46)47)38-73-24-10-6-5-9-22-67-43(2)69/h13-20,23,26-37,42H,5-12,21-22,24-25,38-41H2,1-4H3,(H,67,69). The van der Waals surface area contributed by atoms with Gasteiger partial charge in [0.15, 0.2) is 0 Å². The Morgan fingerprint density at radius 3 is 1.65 bits per heavy atom. The molecule has 15 heteroatoms. The van der Waals surface area contributed by atoms with E-state index >= 15 is 0 Å². The molecule has 8 aromatic rings. The van der Waals surface area contributed by atoms with E-state index in [1.165, 1.54) is 37.1 Å². The second-order valence-electron chi connectivity index (χ2n) is 20.3. The normalized spacial score (nSPS) is 13.6. The Balaban J connectivity index is 0.854. The van der Waals surface area contributed by atoms with Gasteiger partial charge in [-0.15, -0.1) is 0 Å². The molecule has 0 bridgehead atoms. The summed E-state index contributed by atoms with van der Waals surface area (Å²) >= 11 is 6.92. The summed E-state index contributed by atoms with van der Waals surface area (Å²) in [6, 6.07) is 34.5. The number of unbranched alkanes of at least 4 members (excludes halogenated alkanes) is 5. The minimum atomic E-state index is -0.367. The van der Waals surface area contributed by atoms with Gasteiger partial charge in [0, 0.05) is 54.5 Å². The molecule has 420 valence electrons. The maximum atomic E-state index is 11.7. The zero-order valence-electron chi connectivity index (χ0n) is 46.2. The van der Waals surface area contributed by atoms with Crippen molar-refractivity contribution >= 4 is 128 Å². The van der Waals surface area contributed by atoms with E-state index in [9.17, 15) is 14.4 Å². The van der Waals surface area contributed by atoms with E-state index in [4.69, 9.17) is 33.2 Å². The summed E-state index contributed by atoms with van der Waals surface area (Å²) in [6.07, 6.45) is 7.80. The third kappa shape index (κ3) is 14.3. The molecule has 0 spiro atoms. The van der Waals surface area contributed by atoms with Crippen molar-refractivity contribution in [3.63, 3.8) is 0 Å². The number of fused-ring (bicyclic) bond motifs is 2. The molecule has 2 aliphatic rings. The van der Waals surface area contributed by atoms with Gasteiger partial charge < -0.3 is 43.3 Å². The SMILES string of the molecule is COC(=O)CCCCCOc1ccc2c(=C3SC=CS3)c3cc(OCc4cc(OC(C)CC=O)c(COCc5cc6ccc7cc(COCCCCCCNC(C)=O)cc8ccc(c5)c6c78)cc4OC)ccc3c(=C3SC=CS3)c2c1. The molecule has 2 aliphatic heterocycles. The zero-order chi connectivity index (χ0) is 56.1. The van der Waals surface area contributed by atoms with Crippen molar-refractivity contribution in [2.45, 2.75) is 104 Å². The number of thioether (sulfide) groups is 4. The van der Waals surface area contributed by atoms with Crippen molar-refractivity contribution in [1.82, 2.24) is 5.32 Å². The highest BCUT2D eigenvalue weighted by Crippen LogP contribution is 2.43. The van der Waals surface area contributed by atoms with Crippen LogP contribution in [0.2, 0.25) is 0 Å². The maximum absolute atomic E-state index is 11.7. The van der Waals surface area contributed by atoms with Crippen molar-refractivity contribution in [2.24, 2.45) is 0 Å². The number of carbonyl (C=O) groups is 3. The average Bonchev–Trinajstić information content (AvgIpc) is 4.34. The van der Waals surface area contributed by atoms with Crippen LogP contribution < -0.4 is 34.7 Å². The number of benzene rings is 8. The fourth-order valence-electron chi connectivity index (χ4n) is 10.6. The first kappa shape index (κ1) is 57.9. The van der Waals surface area contributed by atoms with Gasteiger partial charge in [0.25, 0.3) is 0 Å². The van der Waals surface area contributed by atoms with Crippen LogP contribution in [0.15, 0.2) is 119 Å². The van der Waals surface area contributed by atoms with E-state index in [1.807, 2.05) is 25.1 Å². The number of methoxy groups -OCH3 is 2. The molecule has 2 heterocycles. The van der Waals surface area contributed by atoms with E-state index in [0.717, 1.165) is 129 Å². The van der Waals surface area contributed by atoms with E-state index in [2.05, 4.69) is 106 Å². The third-order valence-electron chi connectivity index (χ3n) is 14.5. The zero-order valence-corrected chi connectivity index (χ0v) is 49.5. The summed E-state index contributed by atoms with van der Waals surface area (Å²) in [5, 5.41) is 25.4. The molecule has 1 unspecified atom stereocenters. The Kier molecular flexibility index (Phi) is 20.1. The molecule has 1 N–H and O–H groups in total. The van der Waals surface area contributed by atoms with Crippen LogP contribution in [0.25, 0.3) is 62.3 Å². The van der Waals surface area contributed by atoms with Crippen LogP contribution in [0.4, 0.5) is 0 Å². The maximum Gasteiger partial charge on any atom is 0.305 e. The van der Waals surface area contributed by atoms with E-state index in [1.54, 1.807) is 61.1 Å². The molecule has 1 amide bonds. The van der Waals surface area contributed by atoms with E-state index < -0.39 is 0 Å². The Hall–Kier alpha value is -6.33. The van der Waals surface area contributed by atoms with Crippen molar-refractivity contribution in [3.8, 4) is 23.0 Å². The van der Waals surface area contributed by atoms with Crippen LogP contribution in [-0.4, -0.2) is 58.2 Å². The number of rotatable bonds is 28. The van der Waals surface area contributed by atoms with Crippen LogP contribution in [0, 0.1) is 0 Å². The van der Waals surface area contributed by atoms with Gasteiger partial charge >= 0.3 is 5.97 Å². The minimum Gasteiger partial charge on any atom is -0.496 e. The molecular weight excluding hydrogens is 1090 g/mol. The fourth-order valence-corrected chi connectivity index (χ4v) is 14.4. The number of amides is 1. The van der Waals surface area contributed by atoms with Crippen molar-refractivity contribution < 1.29 is 47.5 Å². The van der Waals surface area contributed by atoms with E-state index in [-0.39, 0.29) is 37.6 Å². The first-order valence-corrected chi connectivity index (χ1v) is 31.2. The molecule has 0 saturated heterocycles. The molecule has 0 aromatic heterocycles. The molecule has 0 saturated carbocycles. The average molecular weight is 1160 g/mol. The number of carbonyl (C=O) groups excluding carboxylic acids is 3. The number of hydrogen-bond acceptors (Lipinski definition) is 14. The quantitative estimate of drug-likeness (QED) is 0.0164. The van der Waals surface area contributed by atoms with Gasteiger partial charge in [-0.3, -0.25) is 9.59 Å². The summed E-state index contributed by atoms with van der Waals surface area (Å²) in [6.45, 7) is 6.84. The Morgan fingerprint density at radius 1 is 0.556 bits per heavy atom. The molecule has 11 nitrogen and oxygen atoms in total. The Morgan fingerprint density at radius 2 is 1.09 bits per heavy atom. The van der Waals surface area contributed by atoms with Crippen molar-refractivity contribution in [2.75, 3.05) is 34.0 Å². The summed E-state index contributed by atoms with van der Waals surface area (Å²) in [5.41, 5.74) is 3.81. The number of aldehydes is 1. The molecule has 1 atom stereocenters. The molecule has 0 aliphatic carbocycles. The van der Waals surface area contributed by atoms with Gasteiger partial charge in [-0.25, -0.2) is 0 Å². The first-order chi connectivity index (χ1) is 39.7. The summed E-state index contributed by atoms with van der Waals surface area (Å²) < 4.78 is 45.4. The van der Waals surface area contributed by atoms with Crippen LogP contribution in [0.1, 0.15) is 93.9 Å². The predicted octanol–water partition coefficient (Wildman–Crippen LogP) is 14.9. The summed E-state index contributed by atoms with van der Waals surface area (Å²) in [7, 11) is 3.09. The Bertz CT molecular complexity index is 3700. The largest absolute Gasteiger partial charge is 0.496 e. The van der Waals surface area contributed by atoms with Crippen LogP contribution in [-0.2, 0) is 55.0 Å². The second kappa shape index (κ2) is 28.1. The lowest BCUT2D eigenvalue weighted by molar-refractivity contribution is -0.140. The lowest BCUT2D eigenvalue weighted by Crippen LogP contribution is -2.20. The van der Waals surface area contributed by atoms with Gasteiger partial charge in [-0.05, 0) is 198 Å². The summed E-state index contributed by atoms with van der Waals surface area (Å²) in [4.78, 5) is 34.4. The molecule has 0 radical (unpaired) electrons. The number of esters is 1. The van der Waals surface area contributed by atoms with Crippen LogP contribution >= 0.6 is 47.0 Å². The van der Waals surface area contributed by atoms with Gasteiger partial charge in [-0.1, -0.05) is 84.2 Å². The number of nitrogens with one attached hydrogen (secondary N) is 1. The highest BCUT2D eigenvalue weighted by Gasteiger charge is 2.20. The van der Waals surface area contributed by atoms with Crippen LogP contribution in [0.3, 0.4) is 0 Å². The van der Waals surface area contributed by atoms with Crippen molar-refractivity contribution in [3.05, 3.63) is 151 Å². The highest BCUT2D eigenvalue weighted by molar-refractivity contribution is 8.35. The molecule has 10 rings (SSSR count). The van der Waals surface area contributed by atoms with Crippen LogP contribution in [0.5, 0.6) is 23.0 Å². The monoisotopic (exact) mass is 1160 g/mol. The number of hydrogen-bond donors (Lipinski definition) is 1. The van der Waals surface area contributed by atoms with Gasteiger partial charge in [0.2, 0.25) is 5.91 Å². The number of ether oxygens (including phenoxy) is 7. The Labute approximate surface area is 489 Å². The third-order valence-corrected chi connectivity index (χ3v) is 18.7. The topological polar surface area (TPSA) is 128 Å². The van der Waals surface area contributed by atoms with Crippen molar-refractivity contribution in [1.29, 1.82) is 0 Å². The van der Waals surface area contributed by atoms with Gasteiger partial charge in [0.05, 0.1) is 49.1 Å². The van der Waals surface area contributed by atoms with E-state index in [0.29, 0.717) is 50.1 Å². The van der Waals surface area contributed by atoms with Gasteiger partial charge in [-0.2, -0.15) is 0 Å². The smallest absolute Gasteiger partial charge is 0.305 e. The second-order valence-corrected chi connectivity index (χ2v) is 24.5. The lowest BCUT2D eigenvalue weighted by atomic mass is 9.92. The lowest BCUT2D eigenvalue weighted by Gasteiger charge is -2.20. The molecule has 0 fully saturated rings. The summed E-state index contributed by atoms with van der Waals surface area (Å²) in [5.74, 6) is 2.61. The fraction of sp³-hybridized carbons (Fsp3) is 0.318. The molecular formula is C66H67NO10S4. The highest BCUT2D eigenvalue weighted by atomic mass is 32.2.